The molecule has 9 heteroatoms. The molecule has 0 N–H and O–H groups in total. The van der Waals surface area contributed by atoms with E-state index in [1.165, 1.54) is 27.5 Å². The molecule has 10 unspecified atom stereocenters. The normalized spacial score (nSPS) is 35.7. The van der Waals surface area contributed by atoms with Crippen molar-refractivity contribution in [2.75, 3.05) is 0 Å². The summed E-state index contributed by atoms with van der Waals surface area (Å²) in [7, 11) is 0. The topological polar surface area (TPSA) is 0 Å². The summed E-state index contributed by atoms with van der Waals surface area (Å²) >= 11 is -3.58. The van der Waals surface area contributed by atoms with Gasteiger partial charge in [-0.05, 0) is 0 Å². The molecule has 0 amide bonds. The summed E-state index contributed by atoms with van der Waals surface area (Å²) in [5.74, 6) is 2.07. The van der Waals surface area contributed by atoms with Crippen LogP contribution in [0, 0.1) is 51.8 Å². The van der Waals surface area contributed by atoms with E-state index in [1.54, 1.807) is 12.1 Å². The summed E-state index contributed by atoms with van der Waals surface area (Å²) in [6.45, 7) is 9.76. The first-order chi connectivity index (χ1) is 24.6. The van der Waals surface area contributed by atoms with Gasteiger partial charge in [-0.3, -0.25) is 0 Å². The Balaban J connectivity index is 0.00000249. The number of hydrogen-bond acceptors (Lipinski definition) is 0. The fourth-order valence-electron chi connectivity index (χ4n) is 12.4. The van der Waals surface area contributed by atoms with Gasteiger partial charge in [0.25, 0.3) is 0 Å². The zero-order chi connectivity index (χ0) is 36.8. The fourth-order valence-corrected chi connectivity index (χ4v) is 23.4. The van der Waals surface area contributed by atoms with E-state index >= 15 is 0 Å². The minimum Gasteiger partial charge on any atom is -1.00 e. The molecule has 0 heterocycles. The second-order valence-electron chi connectivity index (χ2n) is 16.8. The van der Waals surface area contributed by atoms with E-state index in [-0.39, 0.29) is 56.5 Å². The fraction of sp³-hybridized carbons (Fsp3) is 0.444. The standard InChI is InChI=1S/C25H33.C15H8F6.C5H5.2ClH.Zr/c1-17-10-9-11-18-16-24(3)22(21(17)18)19-12-5-6-13-20(19)23(2)14-7-8-15-25(23,24)4;16-14(17,18)12-5-1-3-10(8-12)7-11-4-2-6-13(9-11)15(19,20)21;1-2-4-5-3-1;;;/h5-8,12-22H,9-11H2,1-4H3;1-6,8-9H;1-3H,4H2;2*1H;/q;;;;;+2/p-2. The van der Waals surface area contributed by atoms with Gasteiger partial charge in [0, 0.05) is 0 Å². The van der Waals surface area contributed by atoms with Crippen molar-refractivity contribution in [1.29, 1.82) is 0 Å². The van der Waals surface area contributed by atoms with Crippen molar-refractivity contribution in [3.63, 3.8) is 0 Å². The Morgan fingerprint density at radius 2 is 1.37 bits per heavy atom. The van der Waals surface area contributed by atoms with Crippen LogP contribution in [0.5, 0.6) is 0 Å². The molecule has 3 saturated carbocycles. The van der Waals surface area contributed by atoms with E-state index in [0.717, 1.165) is 34.6 Å². The number of allylic oxidation sites excluding steroid dienone is 12. The predicted octanol–water partition coefficient (Wildman–Crippen LogP) is 6.75. The molecular weight excluding hydrogens is 817 g/mol. The Labute approximate surface area is 335 Å². The molecule has 0 saturated heterocycles. The Morgan fingerprint density at radius 1 is 0.759 bits per heavy atom. The van der Waals surface area contributed by atoms with Gasteiger partial charge in [-0.2, -0.15) is 0 Å². The average molecular weight is 863 g/mol. The quantitative estimate of drug-likeness (QED) is 0.299. The van der Waals surface area contributed by atoms with E-state index in [9.17, 15) is 26.3 Å². The molecule has 0 nitrogen and oxygen atoms in total. The molecule has 6 aliphatic carbocycles. The summed E-state index contributed by atoms with van der Waals surface area (Å²) in [5.41, 5.74) is -1.54. The van der Waals surface area contributed by atoms with Gasteiger partial charge in [0.2, 0.25) is 0 Å². The van der Waals surface area contributed by atoms with Crippen LogP contribution in [-0.4, -0.2) is 3.21 Å². The maximum atomic E-state index is 14.5. The third-order valence-electron chi connectivity index (χ3n) is 14.7. The first-order valence-electron chi connectivity index (χ1n) is 18.8. The molecule has 2 aromatic rings. The van der Waals surface area contributed by atoms with Crippen molar-refractivity contribution in [3.8, 4) is 0 Å². The Kier molecular flexibility index (Phi) is 11.2. The van der Waals surface area contributed by atoms with Crippen molar-refractivity contribution in [3.05, 3.63) is 141 Å². The first kappa shape index (κ1) is 41.4. The van der Waals surface area contributed by atoms with Crippen LogP contribution >= 0.6 is 0 Å². The third kappa shape index (κ3) is 6.15. The molecule has 8 rings (SSSR count). The Bertz CT molecular complexity index is 1940. The first-order valence-corrected chi connectivity index (χ1v) is 22.7. The van der Waals surface area contributed by atoms with Crippen molar-refractivity contribution in [1.82, 2.24) is 0 Å². The van der Waals surface area contributed by atoms with Crippen LogP contribution in [-0.2, 0) is 33.6 Å². The van der Waals surface area contributed by atoms with Gasteiger partial charge >= 0.3 is 313 Å². The van der Waals surface area contributed by atoms with E-state index in [2.05, 4.69) is 94.5 Å². The van der Waals surface area contributed by atoms with E-state index in [0.29, 0.717) is 41.2 Å². The molecular formula is C45H46Cl2F6Zr. The van der Waals surface area contributed by atoms with Crippen LogP contribution in [0.25, 0.3) is 0 Å². The third-order valence-corrected chi connectivity index (χ3v) is 24.1. The van der Waals surface area contributed by atoms with Crippen molar-refractivity contribution >= 4 is 3.21 Å². The molecule has 6 aliphatic rings. The molecule has 54 heavy (non-hydrogen) atoms. The van der Waals surface area contributed by atoms with Crippen LogP contribution in [0.1, 0.15) is 75.6 Å². The summed E-state index contributed by atoms with van der Waals surface area (Å²) in [6.07, 6.45) is 19.6. The molecule has 0 radical (unpaired) electrons. The van der Waals surface area contributed by atoms with Gasteiger partial charge in [-0.1, -0.05) is 0 Å². The second-order valence-corrected chi connectivity index (χ2v) is 23.2. The molecule has 3 fully saturated rings. The van der Waals surface area contributed by atoms with Crippen LogP contribution in [0.15, 0.2) is 119 Å². The maximum Gasteiger partial charge on any atom is -1.00 e. The van der Waals surface area contributed by atoms with Gasteiger partial charge in [0.1, 0.15) is 0 Å². The van der Waals surface area contributed by atoms with E-state index in [1.807, 2.05) is 0 Å². The molecule has 0 spiro atoms. The summed E-state index contributed by atoms with van der Waals surface area (Å²) in [5, 5.41) is 0. The number of fused-ring (bicyclic) bond motifs is 8. The van der Waals surface area contributed by atoms with E-state index < -0.39 is 44.7 Å². The van der Waals surface area contributed by atoms with Gasteiger partial charge < -0.3 is 24.8 Å². The number of alkyl halides is 6. The molecule has 2 aromatic carbocycles. The average Bonchev–Trinajstić information content (AvgIpc) is 3.74. The SMILES string of the molecule is CC1CCCC2C1C1C3C=CC=CC3C3(C)C=CC=CC3(C)C1(C)[CH]2[Zr+2]([C]1=CC=CC1)=[C](c1cccc(C(F)(F)F)c1)c1cccc(C(F)(F)F)c1.[Cl-].[Cl-]. The van der Waals surface area contributed by atoms with Crippen molar-refractivity contribution in [2.45, 2.75) is 69.4 Å². The predicted molar refractivity (Wildman–Crippen MR) is 193 cm³/mol. The largest absolute Gasteiger partial charge is 1.00 e. The van der Waals surface area contributed by atoms with Gasteiger partial charge in [0.05, 0.1) is 0 Å². The minimum atomic E-state index is -4.59. The second kappa shape index (κ2) is 14.6. The minimum absolute atomic E-state index is 0. The monoisotopic (exact) mass is 860 g/mol. The molecule has 0 aliphatic heterocycles. The summed E-state index contributed by atoms with van der Waals surface area (Å²) in [4.78, 5) is 0. The number of benzene rings is 2. The molecule has 0 aromatic heterocycles. The molecule has 286 valence electrons. The summed E-state index contributed by atoms with van der Waals surface area (Å²) in [6, 6.07) is 10.9. The van der Waals surface area contributed by atoms with Gasteiger partial charge in [0.15, 0.2) is 0 Å². The van der Waals surface area contributed by atoms with Gasteiger partial charge in [-0.25, -0.2) is 0 Å². The van der Waals surface area contributed by atoms with Crippen LogP contribution in [0.2, 0.25) is 3.63 Å². The van der Waals surface area contributed by atoms with Crippen LogP contribution in [0.4, 0.5) is 26.3 Å². The number of halogens is 8. The Morgan fingerprint density at radius 3 is 1.96 bits per heavy atom. The van der Waals surface area contributed by atoms with Gasteiger partial charge in [-0.15, -0.1) is 0 Å². The number of rotatable bonds is 4. The molecule has 0 bridgehead atoms. The molecule has 10 atom stereocenters. The smallest absolute Gasteiger partial charge is 1.00 e. The zero-order valence-corrected chi connectivity index (χ0v) is 34.8. The Hall–Kier alpha value is -2.21. The van der Waals surface area contributed by atoms with Crippen LogP contribution in [0.3, 0.4) is 0 Å². The van der Waals surface area contributed by atoms with Crippen molar-refractivity contribution in [2.24, 2.45) is 51.8 Å². The number of hydrogen-bond donors (Lipinski definition) is 0. The van der Waals surface area contributed by atoms with Crippen molar-refractivity contribution < 1.29 is 72.4 Å². The van der Waals surface area contributed by atoms with Crippen LogP contribution < -0.4 is 24.8 Å². The maximum absolute atomic E-state index is 14.5. The zero-order valence-electron chi connectivity index (χ0n) is 30.9. The summed E-state index contributed by atoms with van der Waals surface area (Å²) < 4.78 is 88.9. The van der Waals surface area contributed by atoms with E-state index in [4.69, 9.17) is 0 Å².